The average Bonchev–Trinajstić information content (AvgIpc) is 4.12. The zero-order chi connectivity index (χ0) is 41.2. The van der Waals surface area contributed by atoms with Gasteiger partial charge >= 0.3 is 0 Å². The van der Waals surface area contributed by atoms with E-state index in [-0.39, 0.29) is 75.8 Å². The van der Waals surface area contributed by atoms with Gasteiger partial charge in [-0.25, -0.2) is 0 Å². The van der Waals surface area contributed by atoms with Gasteiger partial charge in [0, 0.05) is 43.6 Å². The van der Waals surface area contributed by atoms with Crippen LogP contribution >= 0.6 is 0 Å². The van der Waals surface area contributed by atoms with E-state index in [1.54, 1.807) is 13.2 Å². The summed E-state index contributed by atoms with van der Waals surface area (Å²) < 4.78 is 26.7. The number of unbranched alkanes of at least 4 members (excludes halogenated alkanes) is 2. The number of nitrogens with zero attached hydrogens (tertiary/aromatic N) is 2. The van der Waals surface area contributed by atoms with E-state index in [0.717, 1.165) is 66.5 Å². The van der Waals surface area contributed by atoms with Crippen molar-refractivity contribution in [2.24, 2.45) is 28.8 Å². The van der Waals surface area contributed by atoms with E-state index in [1.165, 1.54) is 0 Å². The number of amides is 1. The Morgan fingerprint density at radius 2 is 1.64 bits per heavy atom. The number of allylic oxidation sites excluding steroid dienone is 1. The number of hydrogen-bond acceptors (Lipinski definition) is 10. The maximum atomic E-state index is 14.4. The van der Waals surface area contributed by atoms with Gasteiger partial charge in [0.2, 0.25) is 11.7 Å². The zero-order valence-corrected chi connectivity index (χ0v) is 34.3. The fourth-order valence-corrected chi connectivity index (χ4v) is 9.62. The molecule has 0 spiro atoms. The Bertz CT molecular complexity index is 1910. The SMILES string of the molecule is C=CCO[C@@]12Oc3ccc(Oc4ccc(-c5ccccc5)cc4)cc3[C@H]3[C@H](CCCCO)[C@@H](CCCCO)C=C(C(=NOC)C[C@@H]1N(CCOCCO)C(=O)C1CC1)[C@H]32. The minimum Gasteiger partial charge on any atom is -0.459 e. The Morgan fingerprint density at radius 3 is 2.34 bits per heavy atom. The summed E-state index contributed by atoms with van der Waals surface area (Å²) >= 11 is 0. The molecule has 11 heteroatoms. The molecule has 0 saturated heterocycles. The number of fused-ring (bicyclic) bond motifs is 2. The van der Waals surface area contributed by atoms with Crippen molar-refractivity contribution >= 4 is 11.6 Å². The number of rotatable bonds is 22. The van der Waals surface area contributed by atoms with E-state index in [4.69, 9.17) is 23.8 Å². The van der Waals surface area contributed by atoms with Crippen LogP contribution in [0.4, 0.5) is 0 Å². The molecule has 0 bridgehead atoms. The van der Waals surface area contributed by atoms with Crippen molar-refractivity contribution in [1.29, 1.82) is 0 Å². The van der Waals surface area contributed by atoms with Gasteiger partial charge in [0.1, 0.15) is 30.4 Å². The summed E-state index contributed by atoms with van der Waals surface area (Å²) in [4.78, 5) is 21.9. The predicted octanol–water partition coefficient (Wildman–Crippen LogP) is 7.66. The van der Waals surface area contributed by atoms with Gasteiger partial charge < -0.3 is 44.0 Å². The zero-order valence-electron chi connectivity index (χ0n) is 34.3. The highest BCUT2D eigenvalue weighted by Crippen LogP contribution is 2.62. The molecule has 59 heavy (non-hydrogen) atoms. The summed E-state index contributed by atoms with van der Waals surface area (Å²) in [6.45, 7) is 5.00. The molecule has 4 aliphatic rings. The molecule has 2 saturated carbocycles. The molecule has 3 aromatic carbocycles. The lowest BCUT2D eigenvalue weighted by Gasteiger charge is -2.60. The van der Waals surface area contributed by atoms with Gasteiger partial charge in [0.05, 0.1) is 38.1 Å². The van der Waals surface area contributed by atoms with Gasteiger partial charge in [-0.05, 0) is 97.4 Å². The molecule has 6 atom stereocenters. The first-order valence-corrected chi connectivity index (χ1v) is 21.4. The first-order valence-electron chi connectivity index (χ1n) is 21.4. The number of benzene rings is 3. The smallest absolute Gasteiger partial charge is 0.239 e. The van der Waals surface area contributed by atoms with Crippen LogP contribution in [0.2, 0.25) is 0 Å². The standard InChI is InChI=1S/C48H60N2O9/c1-3-27-57-48-44(50(23-28-56-29-26-53)47(54)35-15-16-35)32-42(49-55-2)40-30-36(13-7-9-24-51)39(14-8-10-25-52)45(46(40)48)41-31-38(21-22-43(41)59-48)58-37-19-17-34(18-20-37)33-11-5-4-6-12-33/h3-6,11-12,17-22,30-31,35-36,39,44-46,51-53H,1,7-10,13-16,23-29,32H2,2H3/t36-,39+,44-,45+,46+,48+/m0/s1. The molecule has 7 rings (SSSR count). The average molecular weight is 809 g/mol. The van der Waals surface area contributed by atoms with Crippen molar-refractivity contribution in [3.8, 4) is 28.4 Å². The van der Waals surface area contributed by atoms with Crippen LogP contribution in [0.3, 0.4) is 0 Å². The maximum Gasteiger partial charge on any atom is 0.239 e. The Hall–Kier alpha value is -4.52. The molecule has 1 heterocycles. The van der Waals surface area contributed by atoms with Crippen molar-refractivity contribution in [2.75, 3.05) is 53.3 Å². The Labute approximate surface area is 348 Å². The first-order chi connectivity index (χ1) is 29.0. The van der Waals surface area contributed by atoms with Gasteiger partial charge in [0.25, 0.3) is 0 Å². The molecule has 2 fully saturated rings. The van der Waals surface area contributed by atoms with Crippen LogP contribution in [-0.2, 0) is 19.1 Å². The molecular formula is C48H60N2O9. The molecule has 0 radical (unpaired) electrons. The van der Waals surface area contributed by atoms with Crippen molar-refractivity contribution in [1.82, 2.24) is 4.90 Å². The highest BCUT2D eigenvalue weighted by molar-refractivity contribution is 6.03. The van der Waals surface area contributed by atoms with Crippen molar-refractivity contribution in [3.05, 3.63) is 103 Å². The number of ether oxygens (including phenoxy) is 4. The third-order valence-corrected chi connectivity index (χ3v) is 12.3. The van der Waals surface area contributed by atoms with Gasteiger partial charge in [-0.15, -0.1) is 6.58 Å². The molecule has 1 aliphatic heterocycles. The number of carbonyl (C=O) groups excluding carboxylic acids is 1. The summed E-state index contributed by atoms with van der Waals surface area (Å²) in [5.74, 6) is 0.263. The van der Waals surface area contributed by atoms with Gasteiger partial charge in [-0.3, -0.25) is 4.79 Å². The second-order valence-electron chi connectivity index (χ2n) is 16.1. The summed E-state index contributed by atoms with van der Waals surface area (Å²) in [5, 5.41) is 33.9. The molecule has 11 nitrogen and oxygen atoms in total. The second kappa shape index (κ2) is 20.2. The molecule has 1 amide bonds. The fourth-order valence-electron chi connectivity index (χ4n) is 9.62. The lowest BCUT2D eigenvalue weighted by molar-refractivity contribution is -0.258. The summed E-state index contributed by atoms with van der Waals surface area (Å²) in [7, 11) is 1.55. The number of carbonyl (C=O) groups is 1. The molecule has 0 unspecified atom stereocenters. The fraction of sp³-hybridized carbons (Fsp3) is 0.500. The minimum absolute atomic E-state index is 0.0264. The highest BCUT2D eigenvalue weighted by atomic mass is 16.7. The van der Waals surface area contributed by atoms with Crippen LogP contribution in [0.25, 0.3) is 11.1 Å². The Kier molecular flexibility index (Phi) is 14.6. The van der Waals surface area contributed by atoms with Crippen molar-refractivity contribution in [2.45, 2.75) is 75.5 Å². The number of oxime groups is 1. The molecule has 3 aromatic rings. The van der Waals surface area contributed by atoms with E-state index in [2.05, 4.69) is 48.1 Å². The van der Waals surface area contributed by atoms with E-state index in [9.17, 15) is 20.1 Å². The van der Waals surface area contributed by atoms with Crippen LogP contribution in [0.5, 0.6) is 17.2 Å². The van der Waals surface area contributed by atoms with Gasteiger partial charge in [-0.1, -0.05) is 72.6 Å². The molecule has 316 valence electrons. The minimum atomic E-state index is -1.34. The largest absolute Gasteiger partial charge is 0.459 e. The number of aliphatic hydroxyl groups is 3. The van der Waals surface area contributed by atoms with Gasteiger partial charge in [0.15, 0.2) is 0 Å². The molecule has 0 aromatic heterocycles. The second-order valence-corrected chi connectivity index (χ2v) is 16.1. The lowest BCUT2D eigenvalue weighted by Crippen LogP contribution is -2.70. The monoisotopic (exact) mass is 808 g/mol. The maximum absolute atomic E-state index is 14.4. The Balaban J connectivity index is 1.37. The van der Waals surface area contributed by atoms with E-state index >= 15 is 0 Å². The Morgan fingerprint density at radius 1 is 0.915 bits per heavy atom. The van der Waals surface area contributed by atoms with Gasteiger partial charge in [-0.2, -0.15) is 0 Å². The normalized spacial score (nSPS) is 25.0. The lowest BCUT2D eigenvalue weighted by atomic mass is 9.55. The molecule has 3 N–H and O–H groups in total. The summed E-state index contributed by atoms with van der Waals surface area (Å²) in [6.07, 6.45) is 10.8. The van der Waals surface area contributed by atoms with Crippen LogP contribution in [-0.4, -0.2) is 97.0 Å². The van der Waals surface area contributed by atoms with Crippen LogP contribution in [0.15, 0.2) is 102 Å². The van der Waals surface area contributed by atoms with E-state index in [1.807, 2.05) is 47.4 Å². The van der Waals surface area contributed by atoms with Crippen molar-refractivity contribution < 1.29 is 43.9 Å². The van der Waals surface area contributed by atoms with Crippen LogP contribution in [0.1, 0.15) is 69.3 Å². The van der Waals surface area contributed by atoms with Crippen LogP contribution < -0.4 is 9.47 Å². The predicted molar refractivity (Wildman–Crippen MR) is 226 cm³/mol. The summed E-state index contributed by atoms with van der Waals surface area (Å²) in [5.41, 5.74) is 4.94. The topological polar surface area (TPSA) is 140 Å². The third-order valence-electron chi connectivity index (χ3n) is 12.3. The molecule has 3 aliphatic carbocycles. The summed E-state index contributed by atoms with van der Waals surface area (Å²) in [6, 6.07) is 23.7. The quantitative estimate of drug-likeness (QED) is 0.0531. The van der Waals surface area contributed by atoms with E-state index < -0.39 is 17.7 Å². The number of hydrogen-bond donors (Lipinski definition) is 3. The van der Waals surface area contributed by atoms with Crippen LogP contribution in [0, 0.1) is 23.7 Å². The molecular weight excluding hydrogens is 749 g/mol. The first kappa shape index (κ1) is 42.6. The third kappa shape index (κ3) is 9.45. The van der Waals surface area contributed by atoms with E-state index in [0.29, 0.717) is 36.5 Å². The van der Waals surface area contributed by atoms with Crippen molar-refractivity contribution in [3.63, 3.8) is 0 Å². The number of aliphatic hydroxyl groups excluding tert-OH is 3. The highest BCUT2D eigenvalue weighted by Gasteiger charge is 2.65.